The molecule has 1 saturated carbocycles. The lowest BCUT2D eigenvalue weighted by molar-refractivity contribution is -0.112. The van der Waals surface area contributed by atoms with Crippen LogP contribution in [0.4, 0.5) is 0 Å². The predicted octanol–water partition coefficient (Wildman–Crippen LogP) is 2.89. The van der Waals surface area contributed by atoms with E-state index in [2.05, 4.69) is 19.9 Å². The van der Waals surface area contributed by atoms with Crippen molar-refractivity contribution in [3.05, 3.63) is 58.7 Å². The van der Waals surface area contributed by atoms with E-state index in [4.69, 9.17) is 0 Å². The van der Waals surface area contributed by atoms with Crippen LogP contribution >= 0.6 is 0 Å². The van der Waals surface area contributed by atoms with Crippen LogP contribution in [0.5, 0.6) is 0 Å². The smallest absolute Gasteiger partial charge is 0.185 e. The van der Waals surface area contributed by atoms with E-state index in [0.29, 0.717) is 46.8 Å². The molecule has 2 aromatic heterocycles. The van der Waals surface area contributed by atoms with E-state index in [-0.39, 0.29) is 17.3 Å². The van der Waals surface area contributed by atoms with Crippen molar-refractivity contribution in [3.63, 3.8) is 0 Å². The van der Waals surface area contributed by atoms with Crippen molar-refractivity contribution in [2.24, 2.45) is 0 Å². The summed E-state index contributed by atoms with van der Waals surface area (Å²) in [5.41, 5.74) is 2.95. The van der Waals surface area contributed by atoms with Gasteiger partial charge in [0.05, 0.1) is 36.2 Å². The number of allylic oxidation sites excluding steroid dienone is 2. The third kappa shape index (κ3) is 4.44. The summed E-state index contributed by atoms with van der Waals surface area (Å²) >= 11 is 0. The first kappa shape index (κ1) is 18.4. The van der Waals surface area contributed by atoms with E-state index in [0.717, 1.165) is 6.42 Å². The second-order valence-corrected chi connectivity index (χ2v) is 6.29. The summed E-state index contributed by atoms with van der Waals surface area (Å²) in [6.07, 6.45) is 11.3. The van der Waals surface area contributed by atoms with Crippen LogP contribution in [0.25, 0.3) is 12.2 Å². The number of aromatic nitrogens is 4. The summed E-state index contributed by atoms with van der Waals surface area (Å²) in [5, 5.41) is 0. The van der Waals surface area contributed by atoms with Gasteiger partial charge >= 0.3 is 0 Å². The van der Waals surface area contributed by atoms with Gasteiger partial charge in [0.1, 0.15) is 11.4 Å². The first-order valence-electron chi connectivity index (χ1n) is 8.56. The minimum atomic E-state index is -0.155. The number of Topliss-reactive ketones (excluding diaryl/α,β-unsaturated/α-hetero) is 3. The molecule has 0 unspecified atom stereocenters. The average Bonchev–Trinajstić information content (AvgIpc) is 2.66. The lowest BCUT2D eigenvalue weighted by Gasteiger charge is -2.16. The maximum atomic E-state index is 12.7. The molecule has 7 heteroatoms. The second kappa shape index (κ2) is 7.90. The van der Waals surface area contributed by atoms with Crippen molar-refractivity contribution in [3.8, 4) is 0 Å². The standard InChI is InChI=1S/C20H18N4O3/c1-12(25)18-10-21-16(8-23-18)6-14-4-3-5-15(20(14)27)7-17-9-24-19(11-22-17)13(2)26/h6-11H,3-5H2,1-2H3. The highest BCUT2D eigenvalue weighted by Crippen LogP contribution is 2.27. The Bertz CT molecular complexity index is 880. The quantitative estimate of drug-likeness (QED) is 0.608. The SMILES string of the molecule is CC(=O)c1cnc(C=C2CCCC(=Cc3cnc(C(C)=O)cn3)C2=O)cn1. The van der Waals surface area contributed by atoms with Crippen LogP contribution in [0.15, 0.2) is 35.9 Å². The molecule has 2 heterocycles. The number of carbonyl (C=O) groups excluding carboxylic acids is 3. The Hall–Kier alpha value is -3.35. The molecule has 0 saturated heterocycles. The highest BCUT2D eigenvalue weighted by molar-refractivity contribution is 6.13. The number of hydrogen-bond donors (Lipinski definition) is 0. The van der Waals surface area contributed by atoms with Crippen molar-refractivity contribution >= 4 is 29.5 Å². The van der Waals surface area contributed by atoms with E-state index in [1.807, 2.05) is 0 Å². The third-order valence-corrected chi connectivity index (χ3v) is 4.18. The van der Waals surface area contributed by atoms with Gasteiger partial charge in [0.15, 0.2) is 17.3 Å². The van der Waals surface area contributed by atoms with Crippen molar-refractivity contribution in [1.29, 1.82) is 0 Å². The van der Waals surface area contributed by atoms with Crippen molar-refractivity contribution in [1.82, 2.24) is 19.9 Å². The number of nitrogens with zero attached hydrogens (tertiary/aromatic N) is 4. The highest BCUT2D eigenvalue weighted by Gasteiger charge is 2.21. The van der Waals surface area contributed by atoms with Crippen LogP contribution in [0.2, 0.25) is 0 Å². The molecule has 7 nitrogen and oxygen atoms in total. The third-order valence-electron chi connectivity index (χ3n) is 4.18. The fourth-order valence-electron chi connectivity index (χ4n) is 2.72. The van der Waals surface area contributed by atoms with Gasteiger partial charge in [-0.15, -0.1) is 0 Å². The van der Waals surface area contributed by atoms with E-state index in [9.17, 15) is 14.4 Å². The number of carbonyl (C=O) groups is 3. The van der Waals surface area contributed by atoms with Gasteiger partial charge in [0.2, 0.25) is 0 Å². The largest absolute Gasteiger partial charge is 0.293 e. The second-order valence-electron chi connectivity index (χ2n) is 6.29. The molecule has 3 rings (SSSR count). The average molecular weight is 362 g/mol. The minimum absolute atomic E-state index is 0.0591. The predicted molar refractivity (Wildman–Crippen MR) is 98.9 cm³/mol. The molecule has 0 aliphatic heterocycles. The molecule has 1 aliphatic rings. The molecule has 0 aromatic carbocycles. The molecule has 0 radical (unpaired) electrons. The van der Waals surface area contributed by atoms with Crippen LogP contribution in [-0.4, -0.2) is 37.3 Å². The fourth-order valence-corrected chi connectivity index (χ4v) is 2.72. The topological polar surface area (TPSA) is 103 Å². The van der Waals surface area contributed by atoms with E-state index in [1.54, 1.807) is 12.2 Å². The van der Waals surface area contributed by atoms with E-state index < -0.39 is 0 Å². The number of rotatable bonds is 4. The summed E-state index contributed by atoms with van der Waals surface area (Å²) in [6, 6.07) is 0. The van der Waals surface area contributed by atoms with Gasteiger partial charge in [0.25, 0.3) is 0 Å². The lowest BCUT2D eigenvalue weighted by atomic mass is 9.88. The van der Waals surface area contributed by atoms with Gasteiger partial charge in [-0.2, -0.15) is 0 Å². The van der Waals surface area contributed by atoms with Gasteiger partial charge in [-0.3, -0.25) is 24.4 Å². The molecule has 0 bridgehead atoms. The van der Waals surface area contributed by atoms with Crippen LogP contribution in [0, 0.1) is 0 Å². The minimum Gasteiger partial charge on any atom is -0.293 e. The number of hydrogen-bond acceptors (Lipinski definition) is 7. The Morgan fingerprint density at radius 2 is 1.22 bits per heavy atom. The van der Waals surface area contributed by atoms with Crippen LogP contribution in [0.1, 0.15) is 65.5 Å². The molecule has 27 heavy (non-hydrogen) atoms. The lowest BCUT2D eigenvalue weighted by Crippen LogP contribution is -2.12. The summed E-state index contributed by atoms with van der Waals surface area (Å²) in [4.78, 5) is 51.7. The summed E-state index contributed by atoms with van der Waals surface area (Å²) in [5.74, 6) is -0.369. The molecule has 1 fully saturated rings. The van der Waals surface area contributed by atoms with Crippen LogP contribution < -0.4 is 0 Å². The zero-order valence-corrected chi connectivity index (χ0v) is 15.1. The molecule has 2 aromatic rings. The molecular weight excluding hydrogens is 344 g/mol. The Balaban J connectivity index is 1.82. The van der Waals surface area contributed by atoms with Gasteiger partial charge in [-0.05, 0) is 31.4 Å². The molecule has 1 aliphatic carbocycles. The van der Waals surface area contributed by atoms with Crippen LogP contribution in [0.3, 0.4) is 0 Å². The van der Waals surface area contributed by atoms with E-state index in [1.165, 1.54) is 38.6 Å². The van der Waals surface area contributed by atoms with Crippen molar-refractivity contribution in [2.45, 2.75) is 33.1 Å². The Morgan fingerprint density at radius 3 is 1.56 bits per heavy atom. The summed E-state index contributed by atoms with van der Waals surface area (Å²) in [6.45, 7) is 2.85. The van der Waals surface area contributed by atoms with E-state index >= 15 is 0 Å². The highest BCUT2D eigenvalue weighted by atomic mass is 16.1. The normalized spacial score (nSPS) is 17.3. The first-order chi connectivity index (χ1) is 12.9. The molecule has 0 N–H and O–H groups in total. The number of ketones is 3. The zero-order chi connectivity index (χ0) is 19.4. The van der Waals surface area contributed by atoms with Gasteiger partial charge in [-0.1, -0.05) is 0 Å². The molecule has 0 spiro atoms. The maximum absolute atomic E-state index is 12.7. The van der Waals surface area contributed by atoms with Crippen LogP contribution in [-0.2, 0) is 4.79 Å². The first-order valence-corrected chi connectivity index (χ1v) is 8.56. The monoisotopic (exact) mass is 362 g/mol. The zero-order valence-electron chi connectivity index (χ0n) is 15.1. The summed E-state index contributed by atoms with van der Waals surface area (Å²) in [7, 11) is 0. The van der Waals surface area contributed by atoms with Gasteiger partial charge < -0.3 is 0 Å². The fraction of sp³-hybridized carbons (Fsp3) is 0.250. The molecular formula is C20H18N4O3. The summed E-state index contributed by atoms with van der Waals surface area (Å²) < 4.78 is 0. The molecule has 0 atom stereocenters. The molecule has 136 valence electrons. The Labute approximate surface area is 156 Å². The Morgan fingerprint density at radius 1 is 0.778 bits per heavy atom. The molecule has 0 amide bonds. The van der Waals surface area contributed by atoms with Gasteiger partial charge in [0, 0.05) is 25.0 Å². The van der Waals surface area contributed by atoms with Gasteiger partial charge in [-0.25, -0.2) is 9.97 Å². The maximum Gasteiger partial charge on any atom is 0.185 e. The van der Waals surface area contributed by atoms with Crippen molar-refractivity contribution in [2.75, 3.05) is 0 Å². The Kier molecular flexibility index (Phi) is 5.40. The van der Waals surface area contributed by atoms with Crippen molar-refractivity contribution < 1.29 is 14.4 Å².